The highest BCUT2D eigenvalue weighted by Crippen LogP contribution is 2.23. The SMILES string of the molecule is CCCC[C@@H](N)c1ccc(Cl)cc1C.Cl. The Bertz CT molecular complexity index is 300. The number of rotatable bonds is 4. The van der Waals surface area contributed by atoms with Gasteiger partial charge in [0.25, 0.3) is 0 Å². The molecule has 0 spiro atoms. The molecule has 0 saturated carbocycles. The third-order valence-electron chi connectivity index (χ3n) is 2.50. The molecule has 1 aromatic carbocycles. The van der Waals surface area contributed by atoms with Crippen LogP contribution in [0.5, 0.6) is 0 Å². The zero-order chi connectivity index (χ0) is 10.6. The summed E-state index contributed by atoms with van der Waals surface area (Å²) in [5.41, 5.74) is 8.51. The van der Waals surface area contributed by atoms with E-state index in [2.05, 4.69) is 13.8 Å². The van der Waals surface area contributed by atoms with Gasteiger partial charge in [0.05, 0.1) is 0 Å². The maximum absolute atomic E-state index is 6.09. The lowest BCUT2D eigenvalue weighted by Crippen LogP contribution is -2.11. The van der Waals surface area contributed by atoms with E-state index in [-0.39, 0.29) is 18.4 Å². The normalized spacial score (nSPS) is 12.0. The number of nitrogens with two attached hydrogens (primary N) is 1. The first kappa shape index (κ1) is 14.8. The van der Waals surface area contributed by atoms with Gasteiger partial charge in [0.1, 0.15) is 0 Å². The van der Waals surface area contributed by atoms with Crippen LogP contribution in [0.25, 0.3) is 0 Å². The van der Waals surface area contributed by atoms with Crippen LogP contribution in [0, 0.1) is 6.92 Å². The van der Waals surface area contributed by atoms with Gasteiger partial charge in [0.15, 0.2) is 0 Å². The minimum atomic E-state index is 0. The standard InChI is InChI=1S/C12H18ClN.ClH/c1-3-4-5-12(14)11-7-6-10(13)8-9(11)2;/h6-8,12H,3-5,14H2,1-2H3;1H/t12-;/m1./s1. The molecule has 1 rings (SSSR count). The van der Waals surface area contributed by atoms with Crippen LogP contribution in [0.2, 0.25) is 5.02 Å². The Kier molecular flexibility index (Phi) is 6.99. The minimum absolute atomic E-state index is 0. The molecule has 0 aromatic heterocycles. The second-order valence-electron chi connectivity index (χ2n) is 3.75. The Morgan fingerprint density at radius 2 is 2.07 bits per heavy atom. The Hall–Kier alpha value is -0.240. The molecular weight excluding hydrogens is 229 g/mol. The van der Waals surface area contributed by atoms with Crippen molar-refractivity contribution < 1.29 is 0 Å². The molecule has 0 aliphatic heterocycles. The smallest absolute Gasteiger partial charge is 0.0408 e. The van der Waals surface area contributed by atoms with Crippen molar-refractivity contribution in [2.45, 2.75) is 39.2 Å². The highest BCUT2D eigenvalue weighted by atomic mass is 35.5. The first-order valence-electron chi connectivity index (χ1n) is 5.16. The van der Waals surface area contributed by atoms with Gasteiger partial charge < -0.3 is 5.73 Å². The summed E-state index contributed by atoms with van der Waals surface area (Å²) in [5.74, 6) is 0. The van der Waals surface area contributed by atoms with Crippen molar-refractivity contribution in [3.05, 3.63) is 34.3 Å². The number of benzene rings is 1. The van der Waals surface area contributed by atoms with Gasteiger partial charge in [-0.05, 0) is 36.6 Å². The Morgan fingerprint density at radius 1 is 1.40 bits per heavy atom. The van der Waals surface area contributed by atoms with Crippen molar-refractivity contribution in [2.24, 2.45) is 5.73 Å². The van der Waals surface area contributed by atoms with Crippen molar-refractivity contribution in [1.82, 2.24) is 0 Å². The predicted octanol–water partition coefficient (Wildman–Crippen LogP) is 4.26. The summed E-state index contributed by atoms with van der Waals surface area (Å²) in [7, 11) is 0. The molecule has 0 fully saturated rings. The fourth-order valence-electron chi connectivity index (χ4n) is 1.63. The molecule has 15 heavy (non-hydrogen) atoms. The van der Waals surface area contributed by atoms with Crippen LogP contribution >= 0.6 is 24.0 Å². The summed E-state index contributed by atoms with van der Waals surface area (Å²) in [6.45, 7) is 4.24. The van der Waals surface area contributed by atoms with Crippen LogP contribution in [0.15, 0.2) is 18.2 Å². The van der Waals surface area contributed by atoms with E-state index in [1.54, 1.807) is 0 Å². The molecule has 1 atom stereocenters. The number of unbranched alkanes of at least 4 members (excludes halogenated alkanes) is 1. The maximum Gasteiger partial charge on any atom is 0.0408 e. The lowest BCUT2D eigenvalue weighted by atomic mass is 9.98. The molecule has 86 valence electrons. The molecule has 1 nitrogen and oxygen atoms in total. The van der Waals surface area contributed by atoms with Gasteiger partial charge in [-0.2, -0.15) is 0 Å². The van der Waals surface area contributed by atoms with Gasteiger partial charge in [0, 0.05) is 11.1 Å². The van der Waals surface area contributed by atoms with Crippen LogP contribution in [-0.2, 0) is 0 Å². The molecule has 0 aliphatic rings. The fourth-order valence-corrected chi connectivity index (χ4v) is 1.86. The molecule has 0 aliphatic carbocycles. The van der Waals surface area contributed by atoms with Crippen molar-refractivity contribution in [3.8, 4) is 0 Å². The quantitative estimate of drug-likeness (QED) is 0.846. The topological polar surface area (TPSA) is 26.0 Å². The monoisotopic (exact) mass is 247 g/mol. The molecule has 0 amide bonds. The van der Waals surface area contributed by atoms with Gasteiger partial charge in [-0.3, -0.25) is 0 Å². The molecular formula is C12H19Cl2N. The molecule has 1 aromatic rings. The van der Waals surface area contributed by atoms with Crippen molar-refractivity contribution in [2.75, 3.05) is 0 Å². The van der Waals surface area contributed by atoms with Crippen molar-refractivity contribution in [3.63, 3.8) is 0 Å². The molecule has 0 unspecified atom stereocenters. The fraction of sp³-hybridized carbons (Fsp3) is 0.500. The molecule has 3 heteroatoms. The lowest BCUT2D eigenvalue weighted by molar-refractivity contribution is 0.601. The summed E-state index contributed by atoms with van der Waals surface area (Å²) >= 11 is 5.89. The third kappa shape index (κ3) is 4.42. The highest BCUT2D eigenvalue weighted by Gasteiger charge is 2.08. The van der Waals surface area contributed by atoms with Crippen LogP contribution in [0.1, 0.15) is 43.4 Å². The second-order valence-corrected chi connectivity index (χ2v) is 4.19. The van der Waals surface area contributed by atoms with Gasteiger partial charge in [-0.1, -0.05) is 37.4 Å². The van der Waals surface area contributed by atoms with E-state index in [4.69, 9.17) is 17.3 Å². The number of aryl methyl sites for hydroxylation is 1. The van der Waals surface area contributed by atoms with Gasteiger partial charge in [0.2, 0.25) is 0 Å². The molecule has 0 heterocycles. The summed E-state index contributed by atoms with van der Waals surface area (Å²) < 4.78 is 0. The average Bonchev–Trinajstić information content (AvgIpc) is 2.14. The Morgan fingerprint density at radius 3 is 2.60 bits per heavy atom. The van der Waals surface area contributed by atoms with Crippen LogP contribution < -0.4 is 5.73 Å². The average molecular weight is 248 g/mol. The third-order valence-corrected chi connectivity index (χ3v) is 2.74. The van der Waals surface area contributed by atoms with Crippen LogP contribution in [-0.4, -0.2) is 0 Å². The molecule has 0 radical (unpaired) electrons. The van der Waals surface area contributed by atoms with E-state index in [1.165, 1.54) is 24.0 Å². The minimum Gasteiger partial charge on any atom is -0.324 e. The van der Waals surface area contributed by atoms with Crippen molar-refractivity contribution >= 4 is 24.0 Å². The van der Waals surface area contributed by atoms with Gasteiger partial charge >= 0.3 is 0 Å². The van der Waals surface area contributed by atoms with Gasteiger partial charge in [-0.15, -0.1) is 12.4 Å². The van der Waals surface area contributed by atoms with Crippen molar-refractivity contribution in [1.29, 1.82) is 0 Å². The van der Waals surface area contributed by atoms with E-state index >= 15 is 0 Å². The summed E-state index contributed by atoms with van der Waals surface area (Å²) in [4.78, 5) is 0. The summed E-state index contributed by atoms with van der Waals surface area (Å²) in [6, 6.07) is 6.09. The molecule has 0 bridgehead atoms. The summed E-state index contributed by atoms with van der Waals surface area (Å²) in [6.07, 6.45) is 3.43. The number of halogens is 2. The molecule has 0 saturated heterocycles. The highest BCUT2D eigenvalue weighted by molar-refractivity contribution is 6.30. The summed E-state index contributed by atoms with van der Waals surface area (Å²) in [5, 5.41) is 0.786. The van der Waals surface area contributed by atoms with Crippen LogP contribution in [0.3, 0.4) is 0 Å². The van der Waals surface area contributed by atoms with Crippen LogP contribution in [0.4, 0.5) is 0 Å². The predicted molar refractivity (Wildman–Crippen MR) is 69.9 cm³/mol. The van der Waals surface area contributed by atoms with E-state index < -0.39 is 0 Å². The van der Waals surface area contributed by atoms with E-state index in [9.17, 15) is 0 Å². The lowest BCUT2D eigenvalue weighted by Gasteiger charge is -2.14. The zero-order valence-electron chi connectivity index (χ0n) is 9.29. The van der Waals surface area contributed by atoms with E-state index in [0.717, 1.165) is 11.4 Å². The Labute approximate surface area is 103 Å². The largest absolute Gasteiger partial charge is 0.324 e. The van der Waals surface area contributed by atoms with E-state index in [0.29, 0.717) is 0 Å². The number of hydrogen-bond acceptors (Lipinski definition) is 1. The zero-order valence-corrected chi connectivity index (χ0v) is 10.9. The molecule has 2 N–H and O–H groups in total. The first-order chi connectivity index (χ1) is 6.65. The van der Waals surface area contributed by atoms with E-state index in [1.807, 2.05) is 18.2 Å². The number of hydrogen-bond donors (Lipinski definition) is 1. The van der Waals surface area contributed by atoms with Gasteiger partial charge in [-0.25, -0.2) is 0 Å². The Balaban J connectivity index is 0.00000196. The first-order valence-corrected chi connectivity index (χ1v) is 5.54. The maximum atomic E-state index is 6.09. The second kappa shape index (κ2) is 7.10.